The first-order valence-electron chi connectivity index (χ1n) is 14.2. The molecule has 1 aliphatic heterocycles. The highest BCUT2D eigenvalue weighted by molar-refractivity contribution is 7.09. The minimum Gasteiger partial charge on any atom is -0.476 e. The molecule has 3 amide bonds. The number of carboxylic acid groups (broad SMARTS) is 1. The molecular weight excluding hydrogens is 534 g/mol. The number of hydrogen-bond donors (Lipinski definition) is 3. The van der Waals surface area contributed by atoms with Gasteiger partial charge in [0.1, 0.15) is 11.0 Å². The predicted octanol–water partition coefficient (Wildman–Crippen LogP) is 3.91. The number of likely N-dealkylation sites (tertiary alicyclic amines) is 1. The Bertz CT molecular complexity index is 1030. The fourth-order valence-corrected chi connectivity index (χ4v) is 5.88. The van der Waals surface area contributed by atoms with Crippen LogP contribution < -0.4 is 10.6 Å². The lowest BCUT2D eigenvalue weighted by atomic mass is 9.86. The van der Waals surface area contributed by atoms with Gasteiger partial charge in [0.25, 0.3) is 0 Å². The maximum absolute atomic E-state index is 14.0. The molecule has 0 saturated carbocycles. The number of nitrogens with one attached hydrogen (secondary N) is 2. The Kier molecular flexibility index (Phi) is 12.4. The third-order valence-electron chi connectivity index (χ3n) is 8.16. The number of aromatic nitrogens is 1. The number of carboxylic acids is 1. The first-order chi connectivity index (χ1) is 18.8. The first kappa shape index (κ1) is 33.5. The second-order valence-corrected chi connectivity index (χ2v) is 12.2. The number of aromatic carboxylic acids is 1. The topological polar surface area (TPSA) is 141 Å². The van der Waals surface area contributed by atoms with E-state index in [1.807, 2.05) is 41.7 Å². The van der Waals surface area contributed by atoms with E-state index < -0.39 is 29.7 Å². The highest BCUT2D eigenvalue weighted by Gasteiger charge is 2.42. The minimum absolute atomic E-state index is 0.0385. The van der Waals surface area contributed by atoms with Crippen LogP contribution in [0.5, 0.6) is 0 Å². The van der Waals surface area contributed by atoms with Gasteiger partial charge in [0.15, 0.2) is 11.8 Å². The van der Waals surface area contributed by atoms with Crippen molar-refractivity contribution in [3.05, 3.63) is 16.1 Å². The number of amides is 3. The van der Waals surface area contributed by atoms with Crippen molar-refractivity contribution in [1.82, 2.24) is 25.4 Å². The molecule has 2 rings (SSSR count). The Labute approximate surface area is 242 Å². The number of likely N-dealkylation sites (N-methyl/N-ethyl adjacent to an activating group) is 2. The molecule has 0 spiro atoms. The van der Waals surface area contributed by atoms with E-state index in [-0.39, 0.29) is 41.8 Å². The zero-order valence-electron chi connectivity index (χ0n) is 25.2. The average Bonchev–Trinajstić information content (AvgIpc) is 3.40. The van der Waals surface area contributed by atoms with Gasteiger partial charge in [0, 0.05) is 31.4 Å². The van der Waals surface area contributed by atoms with E-state index >= 15 is 0 Å². The van der Waals surface area contributed by atoms with Gasteiger partial charge < -0.3 is 25.4 Å². The molecule has 226 valence electrons. The number of hydrogen-bond acceptors (Lipinski definition) is 8. The Morgan fingerprint density at radius 2 is 1.90 bits per heavy atom. The highest BCUT2D eigenvalue weighted by Crippen LogP contribution is 2.31. The number of ether oxygens (including phenoxy) is 1. The summed E-state index contributed by atoms with van der Waals surface area (Å²) in [6.45, 7) is 12.8. The van der Waals surface area contributed by atoms with E-state index in [4.69, 9.17) is 4.74 Å². The third kappa shape index (κ3) is 8.15. The van der Waals surface area contributed by atoms with Crippen LogP contribution in [-0.4, -0.2) is 88.6 Å². The zero-order valence-corrected chi connectivity index (χ0v) is 26.0. The van der Waals surface area contributed by atoms with Crippen molar-refractivity contribution in [3.63, 3.8) is 0 Å². The van der Waals surface area contributed by atoms with Gasteiger partial charge >= 0.3 is 12.1 Å². The number of carbonyl (C=O) groups excluding carboxylic acids is 3. The van der Waals surface area contributed by atoms with E-state index in [9.17, 15) is 24.3 Å². The van der Waals surface area contributed by atoms with E-state index in [0.29, 0.717) is 18.0 Å². The molecule has 1 aliphatic rings. The number of alkyl carbamates (subject to hydrolysis) is 1. The fourth-order valence-electron chi connectivity index (χ4n) is 5.05. The van der Waals surface area contributed by atoms with Crippen molar-refractivity contribution < 1.29 is 29.0 Å². The standard InChI is InChI=1S/C28H47N5O6S/c1-9-18(5)22(31-26(37)28(6)13-11-12-14-32(28)7)24(34)33(8)20(17(3)4)15-21(39-27(38)29-10-2)23-30-19(16-40-23)25(35)36/h16-18,20-22H,9-15H2,1-8H3,(H,29,38)(H,31,37)(H,35,36)/t18?,20?,21?,22?,28-/m1/s1. The molecule has 0 aromatic carbocycles. The summed E-state index contributed by atoms with van der Waals surface area (Å²) in [4.78, 5) is 59.3. The molecule has 1 saturated heterocycles. The van der Waals surface area contributed by atoms with Gasteiger partial charge in [-0.05, 0) is 58.5 Å². The van der Waals surface area contributed by atoms with Gasteiger partial charge in [-0.25, -0.2) is 14.6 Å². The zero-order chi connectivity index (χ0) is 30.2. The summed E-state index contributed by atoms with van der Waals surface area (Å²) in [5.74, 6) is -1.68. The van der Waals surface area contributed by atoms with Gasteiger partial charge in [-0.15, -0.1) is 11.3 Å². The molecule has 2 heterocycles. The van der Waals surface area contributed by atoms with E-state index in [2.05, 4.69) is 20.5 Å². The Morgan fingerprint density at radius 3 is 2.42 bits per heavy atom. The molecular formula is C28H47N5O6S. The number of thiazole rings is 1. The van der Waals surface area contributed by atoms with Crippen molar-refractivity contribution in [2.24, 2.45) is 11.8 Å². The molecule has 3 N–H and O–H groups in total. The van der Waals surface area contributed by atoms with Gasteiger partial charge in [0.2, 0.25) is 11.8 Å². The van der Waals surface area contributed by atoms with Crippen molar-refractivity contribution in [1.29, 1.82) is 0 Å². The molecule has 5 atom stereocenters. The molecule has 1 aromatic rings. The Balaban J connectivity index is 2.33. The maximum Gasteiger partial charge on any atom is 0.407 e. The molecule has 12 heteroatoms. The van der Waals surface area contributed by atoms with Crippen LogP contribution in [0.1, 0.15) is 95.2 Å². The van der Waals surface area contributed by atoms with Gasteiger partial charge in [-0.2, -0.15) is 0 Å². The summed E-state index contributed by atoms with van der Waals surface area (Å²) in [6, 6.07) is -1.11. The summed E-state index contributed by atoms with van der Waals surface area (Å²) in [7, 11) is 3.65. The van der Waals surface area contributed by atoms with Crippen molar-refractivity contribution in [3.8, 4) is 0 Å². The lowest BCUT2D eigenvalue weighted by Gasteiger charge is -2.43. The van der Waals surface area contributed by atoms with Crippen LogP contribution in [0, 0.1) is 11.8 Å². The minimum atomic E-state index is -1.17. The van der Waals surface area contributed by atoms with Crippen LogP contribution in [0.2, 0.25) is 0 Å². The number of carbonyl (C=O) groups is 4. The van der Waals surface area contributed by atoms with Crippen LogP contribution in [0.25, 0.3) is 0 Å². The Morgan fingerprint density at radius 1 is 1.23 bits per heavy atom. The number of rotatable bonds is 13. The smallest absolute Gasteiger partial charge is 0.407 e. The van der Waals surface area contributed by atoms with Crippen LogP contribution in [0.15, 0.2) is 5.38 Å². The van der Waals surface area contributed by atoms with Crippen LogP contribution >= 0.6 is 11.3 Å². The molecule has 11 nitrogen and oxygen atoms in total. The molecule has 0 bridgehead atoms. The largest absolute Gasteiger partial charge is 0.476 e. The number of nitrogens with zero attached hydrogens (tertiary/aromatic N) is 3. The summed E-state index contributed by atoms with van der Waals surface area (Å²) in [5.41, 5.74) is -0.811. The third-order valence-corrected chi connectivity index (χ3v) is 9.10. The lowest BCUT2D eigenvalue weighted by Crippen LogP contribution is -2.62. The van der Waals surface area contributed by atoms with Crippen molar-refractivity contribution in [2.75, 3.05) is 27.2 Å². The molecule has 40 heavy (non-hydrogen) atoms. The SMILES string of the molecule is CCNC(=O)OC(CC(C(C)C)N(C)C(=O)C(NC(=O)[C@@]1(C)CCCCN1C)C(C)CC)c1nc(C(=O)O)cs1. The van der Waals surface area contributed by atoms with Gasteiger partial charge in [-0.1, -0.05) is 34.1 Å². The van der Waals surface area contributed by atoms with Crippen LogP contribution in [0.3, 0.4) is 0 Å². The van der Waals surface area contributed by atoms with E-state index in [0.717, 1.165) is 37.1 Å². The first-order valence-corrected chi connectivity index (χ1v) is 15.1. The van der Waals surface area contributed by atoms with E-state index in [1.165, 1.54) is 5.38 Å². The van der Waals surface area contributed by atoms with Gasteiger partial charge in [-0.3, -0.25) is 14.5 Å². The second-order valence-electron chi connectivity index (χ2n) is 11.3. The van der Waals surface area contributed by atoms with Gasteiger partial charge in [0.05, 0.1) is 5.54 Å². The molecule has 4 unspecified atom stereocenters. The maximum atomic E-state index is 14.0. The predicted molar refractivity (Wildman–Crippen MR) is 154 cm³/mol. The fraction of sp³-hybridized carbons (Fsp3) is 0.750. The summed E-state index contributed by atoms with van der Waals surface area (Å²) < 4.78 is 5.67. The van der Waals surface area contributed by atoms with Crippen molar-refractivity contribution >= 4 is 35.2 Å². The number of piperidine rings is 1. The molecule has 0 aliphatic carbocycles. The summed E-state index contributed by atoms with van der Waals surface area (Å²) in [5, 5.41) is 16.8. The molecule has 1 aromatic heterocycles. The summed E-state index contributed by atoms with van der Waals surface area (Å²) in [6.07, 6.45) is 2.13. The monoisotopic (exact) mass is 581 g/mol. The average molecular weight is 582 g/mol. The van der Waals surface area contributed by atoms with Crippen LogP contribution in [0.4, 0.5) is 4.79 Å². The van der Waals surface area contributed by atoms with Crippen molar-refractivity contribution in [2.45, 2.75) is 97.4 Å². The summed E-state index contributed by atoms with van der Waals surface area (Å²) >= 11 is 1.10. The Hall–Kier alpha value is -2.73. The second kappa shape index (κ2) is 14.8. The normalized spacial score (nSPS) is 20.7. The van der Waals surface area contributed by atoms with E-state index in [1.54, 1.807) is 18.9 Å². The lowest BCUT2D eigenvalue weighted by molar-refractivity contribution is -0.143. The van der Waals surface area contributed by atoms with Crippen LogP contribution in [-0.2, 0) is 14.3 Å². The quantitative estimate of drug-likeness (QED) is 0.318. The molecule has 1 fully saturated rings. The molecule has 0 radical (unpaired) electrons. The highest BCUT2D eigenvalue weighted by atomic mass is 32.1.